The number of rotatable bonds is 7. The number of halogens is 1. The SMILES string of the molecule is CCOc1cc([C@H]2[NH2+][C@H](C(=O)[O-])CS2)ccc1OCc1ccc(F)cc1. The Labute approximate surface area is 155 Å². The molecular weight excluding hydrogens is 357 g/mol. The zero-order chi connectivity index (χ0) is 18.5. The first-order valence-corrected chi connectivity index (χ1v) is 9.43. The standard InChI is InChI=1S/C19H20FNO4S/c1-2-24-17-9-13(18-21-15(11-26-18)19(22)23)5-8-16(17)25-10-12-3-6-14(20)7-4-12/h3-9,15,18,21H,2,10-11H2,1H3,(H,22,23)/t15-,18-/m0/s1. The van der Waals surface area contributed by atoms with E-state index in [1.165, 1.54) is 12.1 Å². The molecule has 1 saturated heterocycles. The number of carbonyl (C=O) groups excluding carboxylic acids is 1. The average Bonchev–Trinajstić information content (AvgIpc) is 3.13. The van der Waals surface area contributed by atoms with E-state index in [9.17, 15) is 14.3 Å². The topological polar surface area (TPSA) is 75.2 Å². The summed E-state index contributed by atoms with van der Waals surface area (Å²) in [6.45, 7) is 2.68. The van der Waals surface area contributed by atoms with E-state index in [2.05, 4.69) is 0 Å². The van der Waals surface area contributed by atoms with Gasteiger partial charge in [0.15, 0.2) is 16.9 Å². The van der Waals surface area contributed by atoms with Gasteiger partial charge in [-0.2, -0.15) is 0 Å². The van der Waals surface area contributed by atoms with E-state index in [0.29, 0.717) is 30.5 Å². The van der Waals surface area contributed by atoms with Crippen molar-refractivity contribution < 1.29 is 29.1 Å². The molecule has 1 aliphatic heterocycles. The predicted octanol–water partition coefficient (Wildman–Crippen LogP) is 1.23. The van der Waals surface area contributed by atoms with E-state index in [0.717, 1.165) is 11.1 Å². The van der Waals surface area contributed by atoms with Crippen LogP contribution in [0.2, 0.25) is 0 Å². The molecule has 2 aromatic carbocycles. The fraction of sp³-hybridized carbons (Fsp3) is 0.316. The highest BCUT2D eigenvalue weighted by Crippen LogP contribution is 2.34. The number of carboxylic acid groups (broad SMARTS) is 1. The number of quaternary nitrogens is 1. The maximum absolute atomic E-state index is 13.0. The van der Waals surface area contributed by atoms with Gasteiger partial charge in [-0.3, -0.25) is 0 Å². The van der Waals surface area contributed by atoms with Crippen LogP contribution in [0.15, 0.2) is 42.5 Å². The lowest BCUT2D eigenvalue weighted by Gasteiger charge is -2.15. The summed E-state index contributed by atoms with van der Waals surface area (Å²) in [7, 11) is 0. The first kappa shape index (κ1) is 18.5. The normalized spacial score (nSPS) is 19.3. The Morgan fingerprint density at radius 2 is 2.00 bits per heavy atom. The van der Waals surface area contributed by atoms with Gasteiger partial charge in [-0.05, 0) is 42.8 Å². The molecule has 0 radical (unpaired) electrons. The van der Waals surface area contributed by atoms with Crippen molar-refractivity contribution in [1.29, 1.82) is 0 Å². The molecule has 0 aromatic heterocycles. The second-order valence-electron chi connectivity index (χ2n) is 5.93. The molecule has 3 rings (SSSR count). The molecule has 0 bridgehead atoms. The van der Waals surface area contributed by atoms with Gasteiger partial charge >= 0.3 is 0 Å². The molecule has 2 aromatic rings. The third-order valence-electron chi connectivity index (χ3n) is 4.07. The number of carboxylic acids is 1. The van der Waals surface area contributed by atoms with E-state index in [1.54, 1.807) is 29.2 Å². The molecule has 1 heterocycles. The summed E-state index contributed by atoms with van der Waals surface area (Å²) >= 11 is 1.57. The van der Waals surface area contributed by atoms with Crippen LogP contribution < -0.4 is 19.9 Å². The lowest BCUT2D eigenvalue weighted by atomic mass is 10.2. The molecule has 7 heteroatoms. The van der Waals surface area contributed by atoms with Crippen LogP contribution in [0.25, 0.3) is 0 Å². The number of hydrogen-bond acceptors (Lipinski definition) is 5. The minimum Gasteiger partial charge on any atom is -0.544 e. The summed E-state index contributed by atoms with van der Waals surface area (Å²) in [6, 6.07) is 11.2. The van der Waals surface area contributed by atoms with Gasteiger partial charge in [0.05, 0.1) is 12.4 Å². The zero-order valence-electron chi connectivity index (χ0n) is 14.3. The van der Waals surface area contributed by atoms with E-state index >= 15 is 0 Å². The summed E-state index contributed by atoms with van der Waals surface area (Å²) in [5.41, 5.74) is 1.82. The highest BCUT2D eigenvalue weighted by molar-refractivity contribution is 7.99. The largest absolute Gasteiger partial charge is 0.544 e. The summed E-state index contributed by atoms with van der Waals surface area (Å²) in [5.74, 6) is 0.398. The molecule has 1 fully saturated rings. The van der Waals surface area contributed by atoms with Crippen LogP contribution in [0.1, 0.15) is 23.4 Å². The Kier molecular flexibility index (Phi) is 6.00. The lowest BCUT2D eigenvalue weighted by molar-refractivity contribution is -0.690. The fourth-order valence-electron chi connectivity index (χ4n) is 2.71. The molecule has 5 nitrogen and oxygen atoms in total. The monoisotopic (exact) mass is 377 g/mol. The second-order valence-corrected chi connectivity index (χ2v) is 7.10. The van der Waals surface area contributed by atoms with Crippen molar-refractivity contribution in [1.82, 2.24) is 0 Å². The van der Waals surface area contributed by atoms with Crippen molar-refractivity contribution in [2.75, 3.05) is 12.4 Å². The number of nitrogens with two attached hydrogens (primary N) is 1. The van der Waals surface area contributed by atoms with Gasteiger partial charge in [0.25, 0.3) is 0 Å². The van der Waals surface area contributed by atoms with Crippen molar-refractivity contribution in [2.24, 2.45) is 0 Å². The molecule has 2 atom stereocenters. The smallest absolute Gasteiger partial charge is 0.161 e. The number of benzene rings is 2. The first-order valence-electron chi connectivity index (χ1n) is 8.38. The second kappa shape index (κ2) is 8.42. The number of ether oxygens (including phenoxy) is 2. The third-order valence-corrected chi connectivity index (χ3v) is 5.41. The van der Waals surface area contributed by atoms with Crippen LogP contribution in [0, 0.1) is 5.82 Å². The van der Waals surface area contributed by atoms with Crippen LogP contribution in [0.3, 0.4) is 0 Å². The van der Waals surface area contributed by atoms with Crippen molar-refractivity contribution in [2.45, 2.75) is 24.9 Å². The van der Waals surface area contributed by atoms with Crippen LogP contribution in [-0.4, -0.2) is 24.4 Å². The number of carbonyl (C=O) groups is 1. The molecule has 0 saturated carbocycles. The molecule has 0 spiro atoms. The Hall–Kier alpha value is -2.25. The van der Waals surface area contributed by atoms with Gasteiger partial charge in [-0.1, -0.05) is 23.9 Å². The van der Waals surface area contributed by atoms with Gasteiger partial charge in [0, 0.05) is 5.56 Å². The summed E-state index contributed by atoms with van der Waals surface area (Å²) < 4.78 is 24.5. The Morgan fingerprint density at radius 1 is 1.23 bits per heavy atom. The van der Waals surface area contributed by atoms with E-state index in [1.807, 2.05) is 25.1 Å². The molecule has 0 aliphatic carbocycles. The molecule has 138 valence electrons. The highest BCUT2D eigenvalue weighted by Gasteiger charge is 2.31. The Balaban J connectivity index is 1.72. The number of aliphatic carboxylic acids is 1. The molecular formula is C19H20FNO4S. The van der Waals surface area contributed by atoms with Crippen molar-refractivity contribution in [3.05, 3.63) is 59.4 Å². The Bertz CT molecular complexity index is 769. The molecule has 2 N–H and O–H groups in total. The van der Waals surface area contributed by atoms with Crippen LogP contribution in [0.4, 0.5) is 4.39 Å². The average molecular weight is 377 g/mol. The number of thioether (sulfide) groups is 1. The first-order chi connectivity index (χ1) is 12.6. The van der Waals surface area contributed by atoms with Gasteiger partial charge in [-0.15, -0.1) is 0 Å². The fourth-order valence-corrected chi connectivity index (χ4v) is 4.02. The third kappa shape index (κ3) is 4.47. The predicted molar refractivity (Wildman–Crippen MR) is 94.3 cm³/mol. The lowest BCUT2D eigenvalue weighted by Crippen LogP contribution is -2.90. The van der Waals surface area contributed by atoms with Crippen molar-refractivity contribution in [3.8, 4) is 11.5 Å². The van der Waals surface area contributed by atoms with Crippen LogP contribution in [-0.2, 0) is 11.4 Å². The highest BCUT2D eigenvalue weighted by atomic mass is 32.2. The zero-order valence-corrected chi connectivity index (χ0v) is 15.1. The quantitative estimate of drug-likeness (QED) is 0.786. The van der Waals surface area contributed by atoms with E-state index in [4.69, 9.17) is 9.47 Å². The minimum absolute atomic E-state index is 0.0109. The summed E-state index contributed by atoms with van der Waals surface area (Å²) in [6.07, 6.45) is 0. The molecule has 1 aliphatic rings. The molecule has 0 unspecified atom stereocenters. The Morgan fingerprint density at radius 3 is 2.65 bits per heavy atom. The van der Waals surface area contributed by atoms with Gasteiger partial charge in [-0.25, -0.2) is 4.39 Å². The van der Waals surface area contributed by atoms with Crippen LogP contribution in [0.5, 0.6) is 11.5 Å². The minimum atomic E-state index is -1.04. The van der Waals surface area contributed by atoms with Gasteiger partial charge < -0.3 is 24.7 Å². The maximum atomic E-state index is 13.0. The van der Waals surface area contributed by atoms with Gasteiger partial charge in [0.2, 0.25) is 0 Å². The summed E-state index contributed by atoms with van der Waals surface area (Å²) in [4.78, 5) is 11.0. The van der Waals surface area contributed by atoms with Crippen LogP contribution >= 0.6 is 11.8 Å². The maximum Gasteiger partial charge on any atom is 0.161 e. The number of hydrogen-bond donors (Lipinski definition) is 1. The summed E-state index contributed by atoms with van der Waals surface area (Å²) in [5, 5.41) is 12.8. The molecule has 26 heavy (non-hydrogen) atoms. The van der Waals surface area contributed by atoms with Crippen molar-refractivity contribution >= 4 is 17.7 Å². The van der Waals surface area contributed by atoms with E-state index in [-0.39, 0.29) is 11.2 Å². The molecule has 0 amide bonds. The van der Waals surface area contributed by atoms with E-state index < -0.39 is 12.0 Å². The van der Waals surface area contributed by atoms with Gasteiger partial charge in [0.1, 0.15) is 24.4 Å². The van der Waals surface area contributed by atoms with Crippen molar-refractivity contribution in [3.63, 3.8) is 0 Å².